The van der Waals surface area contributed by atoms with Crippen LogP contribution in [0, 0.1) is 19.8 Å². The van der Waals surface area contributed by atoms with Crippen molar-refractivity contribution in [2.24, 2.45) is 5.92 Å². The molecule has 0 amide bonds. The number of aromatic nitrogens is 2. The van der Waals surface area contributed by atoms with Crippen molar-refractivity contribution in [3.05, 3.63) is 16.5 Å². The number of anilines is 1. The van der Waals surface area contributed by atoms with Gasteiger partial charge in [-0.1, -0.05) is 38.3 Å². The van der Waals surface area contributed by atoms with E-state index in [0.29, 0.717) is 11.0 Å². The van der Waals surface area contributed by atoms with Crippen LogP contribution in [0.15, 0.2) is 0 Å². The quantitative estimate of drug-likeness (QED) is 0.782. The second-order valence-corrected chi connectivity index (χ2v) is 5.21. The molecule has 17 heavy (non-hydrogen) atoms. The Labute approximate surface area is 109 Å². The molecule has 0 saturated heterocycles. The maximum absolute atomic E-state index is 6.03. The van der Waals surface area contributed by atoms with Gasteiger partial charge in [0, 0.05) is 6.54 Å². The number of rotatable bonds is 6. The molecular weight excluding hydrogens is 234 g/mol. The first-order valence-corrected chi connectivity index (χ1v) is 6.63. The highest BCUT2D eigenvalue weighted by molar-refractivity contribution is 6.31. The van der Waals surface area contributed by atoms with E-state index < -0.39 is 0 Å². The zero-order valence-corrected chi connectivity index (χ0v) is 11.9. The third-order valence-corrected chi connectivity index (χ3v) is 3.03. The van der Waals surface area contributed by atoms with Crippen LogP contribution in [0.4, 0.5) is 5.82 Å². The van der Waals surface area contributed by atoms with E-state index in [9.17, 15) is 0 Å². The third-order valence-electron chi connectivity index (χ3n) is 2.77. The summed E-state index contributed by atoms with van der Waals surface area (Å²) in [6, 6.07) is 0. The van der Waals surface area contributed by atoms with Gasteiger partial charge in [-0.15, -0.1) is 0 Å². The molecule has 0 aliphatic carbocycles. The SMILES string of the molecule is Cc1nc(Cl)c(NCCCCC(C)C)nc1C. The predicted octanol–water partition coefficient (Wildman–Crippen LogP) is 3.99. The molecule has 96 valence electrons. The highest BCUT2D eigenvalue weighted by Gasteiger charge is 2.06. The van der Waals surface area contributed by atoms with Crippen molar-refractivity contribution in [2.45, 2.75) is 47.0 Å². The van der Waals surface area contributed by atoms with Crippen LogP contribution < -0.4 is 5.32 Å². The molecule has 0 aromatic carbocycles. The lowest BCUT2D eigenvalue weighted by Crippen LogP contribution is -2.07. The highest BCUT2D eigenvalue weighted by atomic mass is 35.5. The molecule has 0 fully saturated rings. The van der Waals surface area contributed by atoms with Gasteiger partial charge in [-0.25, -0.2) is 9.97 Å². The maximum atomic E-state index is 6.03. The van der Waals surface area contributed by atoms with Crippen molar-refractivity contribution < 1.29 is 0 Å². The van der Waals surface area contributed by atoms with Crippen LogP contribution in [-0.2, 0) is 0 Å². The Morgan fingerprint density at radius 1 is 1.12 bits per heavy atom. The molecule has 0 spiro atoms. The molecule has 0 radical (unpaired) electrons. The fourth-order valence-corrected chi connectivity index (χ4v) is 1.81. The van der Waals surface area contributed by atoms with Gasteiger partial charge < -0.3 is 5.32 Å². The lowest BCUT2D eigenvalue weighted by molar-refractivity contribution is 0.544. The minimum atomic E-state index is 0.469. The Balaban J connectivity index is 2.39. The lowest BCUT2D eigenvalue weighted by atomic mass is 10.1. The Kier molecular flexibility index (Phi) is 5.69. The summed E-state index contributed by atoms with van der Waals surface area (Å²) in [6.07, 6.45) is 3.65. The van der Waals surface area contributed by atoms with Crippen LogP contribution in [0.3, 0.4) is 0 Å². The highest BCUT2D eigenvalue weighted by Crippen LogP contribution is 2.18. The van der Waals surface area contributed by atoms with E-state index in [4.69, 9.17) is 11.6 Å². The first kappa shape index (κ1) is 14.2. The summed E-state index contributed by atoms with van der Waals surface area (Å²) in [7, 11) is 0. The molecule has 0 atom stereocenters. The van der Waals surface area contributed by atoms with Crippen LogP contribution in [-0.4, -0.2) is 16.5 Å². The summed E-state index contributed by atoms with van der Waals surface area (Å²) >= 11 is 6.03. The molecule has 0 saturated carbocycles. The van der Waals surface area contributed by atoms with Crippen molar-refractivity contribution in [3.8, 4) is 0 Å². The van der Waals surface area contributed by atoms with Crippen molar-refractivity contribution in [2.75, 3.05) is 11.9 Å². The van der Waals surface area contributed by atoms with Crippen LogP contribution in [0.25, 0.3) is 0 Å². The predicted molar refractivity (Wildman–Crippen MR) is 73.7 cm³/mol. The number of nitrogens with zero attached hydrogens (tertiary/aromatic N) is 2. The summed E-state index contributed by atoms with van der Waals surface area (Å²) in [5.74, 6) is 1.49. The standard InChI is InChI=1S/C13H22ClN3/c1-9(2)7-5-6-8-15-13-12(14)16-10(3)11(4)17-13/h9H,5-8H2,1-4H3,(H,15,17). The molecule has 0 unspecified atom stereocenters. The average molecular weight is 256 g/mol. The first-order valence-electron chi connectivity index (χ1n) is 6.25. The molecule has 1 aromatic heterocycles. The zero-order valence-electron chi connectivity index (χ0n) is 11.2. The topological polar surface area (TPSA) is 37.8 Å². The molecule has 1 rings (SSSR count). The van der Waals surface area contributed by atoms with Crippen molar-refractivity contribution in [1.29, 1.82) is 0 Å². The number of aryl methyl sites for hydroxylation is 2. The van der Waals surface area contributed by atoms with Gasteiger partial charge in [-0.05, 0) is 26.2 Å². The van der Waals surface area contributed by atoms with Gasteiger partial charge in [0.05, 0.1) is 11.4 Å². The Hall–Kier alpha value is -0.830. The van der Waals surface area contributed by atoms with Crippen molar-refractivity contribution in [1.82, 2.24) is 9.97 Å². The van der Waals surface area contributed by atoms with Gasteiger partial charge in [0.15, 0.2) is 11.0 Å². The Bertz CT molecular complexity index is 364. The largest absolute Gasteiger partial charge is 0.368 e. The van der Waals surface area contributed by atoms with Gasteiger partial charge in [-0.2, -0.15) is 0 Å². The lowest BCUT2D eigenvalue weighted by Gasteiger charge is -2.09. The van der Waals surface area contributed by atoms with E-state index >= 15 is 0 Å². The van der Waals surface area contributed by atoms with Gasteiger partial charge in [0.25, 0.3) is 0 Å². The average Bonchev–Trinajstić information content (AvgIpc) is 2.24. The summed E-state index contributed by atoms with van der Waals surface area (Å²) in [5.41, 5.74) is 1.82. The van der Waals surface area contributed by atoms with Gasteiger partial charge >= 0.3 is 0 Å². The monoisotopic (exact) mass is 255 g/mol. The van der Waals surface area contributed by atoms with Crippen molar-refractivity contribution in [3.63, 3.8) is 0 Å². The summed E-state index contributed by atoms with van der Waals surface area (Å²) in [5, 5.41) is 3.72. The molecule has 1 N–H and O–H groups in total. The Morgan fingerprint density at radius 2 is 1.76 bits per heavy atom. The van der Waals surface area contributed by atoms with E-state index in [1.165, 1.54) is 12.8 Å². The summed E-state index contributed by atoms with van der Waals surface area (Å²) in [6.45, 7) is 9.27. The number of hydrogen-bond acceptors (Lipinski definition) is 3. The van der Waals surface area contributed by atoms with Crippen LogP contribution >= 0.6 is 11.6 Å². The molecule has 0 aliphatic rings. The molecule has 4 heteroatoms. The molecule has 1 heterocycles. The van der Waals surface area contributed by atoms with E-state index in [-0.39, 0.29) is 0 Å². The van der Waals surface area contributed by atoms with Gasteiger partial charge in [0.2, 0.25) is 0 Å². The maximum Gasteiger partial charge on any atom is 0.171 e. The minimum absolute atomic E-state index is 0.469. The second kappa shape index (κ2) is 6.80. The van der Waals surface area contributed by atoms with Gasteiger partial charge in [-0.3, -0.25) is 0 Å². The zero-order chi connectivity index (χ0) is 12.8. The normalized spacial score (nSPS) is 10.9. The van der Waals surface area contributed by atoms with Gasteiger partial charge in [0.1, 0.15) is 0 Å². The minimum Gasteiger partial charge on any atom is -0.368 e. The number of nitrogens with one attached hydrogen (secondary N) is 1. The fourth-order valence-electron chi connectivity index (χ4n) is 1.57. The van der Waals surface area contributed by atoms with Crippen LogP contribution in [0.1, 0.15) is 44.5 Å². The number of hydrogen-bond donors (Lipinski definition) is 1. The number of unbranched alkanes of at least 4 members (excludes halogenated alkanes) is 1. The molecule has 3 nitrogen and oxygen atoms in total. The second-order valence-electron chi connectivity index (χ2n) is 4.85. The molecule has 0 bridgehead atoms. The van der Waals surface area contributed by atoms with E-state index in [2.05, 4.69) is 29.1 Å². The van der Waals surface area contributed by atoms with Crippen LogP contribution in [0.5, 0.6) is 0 Å². The Morgan fingerprint density at radius 3 is 2.41 bits per heavy atom. The van der Waals surface area contributed by atoms with E-state index in [1.807, 2.05) is 13.8 Å². The third kappa shape index (κ3) is 4.90. The molecule has 0 aliphatic heterocycles. The van der Waals surface area contributed by atoms with Crippen LogP contribution in [0.2, 0.25) is 5.15 Å². The summed E-state index contributed by atoms with van der Waals surface area (Å²) < 4.78 is 0. The van der Waals surface area contributed by atoms with E-state index in [1.54, 1.807) is 0 Å². The van der Waals surface area contributed by atoms with Crippen molar-refractivity contribution >= 4 is 17.4 Å². The fraction of sp³-hybridized carbons (Fsp3) is 0.692. The smallest absolute Gasteiger partial charge is 0.171 e. The number of halogens is 1. The summed E-state index contributed by atoms with van der Waals surface area (Å²) in [4.78, 5) is 8.64. The molecule has 1 aromatic rings. The van der Waals surface area contributed by atoms with E-state index in [0.717, 1.165) is 30.3 Å². The first-order chi connectivity index (χ1) is 8.00. The molecular formula is C13H22ClN3.